The van der Waals surface area contributed by atoms with Gasteiger partial charge in [0.05, 0.1) is 5.69 Å². The Bertz CT molecular complexity index is 531. The van der Waals surface area contributed by atoms with E-state index >= 15 is 0 Å². The molecule has 0 radical (unpaired) electrons. The monoisotopic (exact) mass is 234 g/mol. The molecule has 2 aromatic heterocycles. The average Bonchev–Trinajstić information content (AvgIpc) is 3.02. The number of rotatable bonds is 2. The molecule has 0 amide bonds. The zero-order valence-electron chi connectivity index (χ0n) is 8.89. The van der Waals surface area contributed by atoms with Crippen LogP contribution in [0.5, 0.6) is 0 Å². The van der Waals surface area contributed by atoms with Gasteiger partial charge in [0.25, 0.3) is 0 Å². The molecule has 1 aliphatic carbocycles. The second-order valence-electron chi connectivity index (χ2n) is 4.10. The summed E-state index contributed by atoms with van der Waals surface area (Å²) in [5.74, 6) is 1.33. The molecule has 82 valence electrons. The first-order valence-corrected chi connectivity index (χ1v) is 5.66. The quantitative estimate of drug-likeness (QED) is 0.802. The second kappa shape index (κ2) is 3.56. The van der Waals surface area contributed by atoms with Crippen molar-refractivity contribution in [1.82, 2.24) is 19.7 Å². The molecule has 0 N–H and O–H groups in total. The van der Waals surface area contributed by atoms with Crippen LogP contribution in [0.15, 0.2) is 18.5 Å². The number of nitrogens with zero attached hydrogens (tertiary/aromatic N) is 4. The van der Waals surface area contributed by atoms with Crippen LogP contribution in [0.4, 0.5) is 0 Å². The Kier molecular flexibility index (Phi) is 2.17. The molecule has 0 bridgehead atoms. The van der Waals surface area contributed by atoms with Crippen molar-refractivity contribution in [2.24, 2.45) is 0 Å². The summed E-state index contributed by atoms with van der Waals surface area (Å²) in [6, 6.07) is 3.80. The fourth-order valence-corrected chi connectivity index (χ4v) is 1.91. The van der Waals surface area contributed by atoms with Crippen LogP contribution in [0.1, 0.15) is 30.1 Å². The molecule has 0 aromatic carbocycles. The lowest BCUT2D eigenvalue weighted by Gasteiger charge is -2.01. The van der Waals surface area contributed by atoms with E-state index in [4.69, 9.17) is 11.6 Å². The van der Waals surface area contributed by atoms with E-state index in [2.05, 4.69) is 15.1 Å². The molecule has 0 atom stereocenters. The van der Waals surface area contributed by atoms with E-state index in [0.29, 0.717) is 11.1 Å². The molecule has 2 aromatic rings. The Morgan fingerprint density at radius 2 is 2.12 bits per heavy atom. The van der Waals surface area contributed by atoms with E-state index < -0.39 is 0 Å². The first-order valence-electron chi connectivity index (χ1n) is 5.28. The molecule has 1 fully saturated rings. The third kappa shape index (κ3) is 1.69. The van der Waals surface area contributed by atoms with Gasteiger partial charge in [-0.1, -0.05) is 11.6 Å². The minimum absolute atomic E-state index is 0.599. The van der Waals surface area contributed by atoms with Crippen molar-refractivity contribution >= 4 is 11.6 Å². The van der Waals surface area contributed by atoms with Gasteiger partial charge < -0.3 is 0 Å². The zero-order valence-corrected chi connectivity index (χ0v) is 9.65. The van der Waals surface area contributed by atoms with Gasteiger partial charge in [-0.3, -0.25) is 0 Å². The molecule has 0 spiro atoms. The van der Waals surface area contributed by atoms with Crippen LogP contribution in [0.2, 0.25) is 5.15 Å². The summed E-state index contributed by atoms with van der Waals surface area (Å²) in [7, 11) is 0. The van der Waals surface area contributed by atoms with E-state index in [-0.39, 0.29) is 0 Å². The summed E-state index contributed by atoms with van der Waals surface area (Å²) in [6.07, 6.45) is 3.96. The number of hydrogen-bond donors (Lipinski definition) is 0. The van der Waals surface area contributed by atoms with Crippen LogP contribution in [0, 0.1) is 6.92 Å². The van der Waals surface area contributed by atoms with Gasteiger partial charge >= 0.3 is 0 Å². The highest BCUT2D eigenvalue weighted by molar-refractivity contribution is 6.29. The van der Waals surface area contributed by atoms with Crippen molar-refractivity contribution < 1.29 is 0 Å². The summed E-state index contributed by atoms with van der Waals surface area (Å²) in [5, 5.41) is 5.09. The van der Waals surface area contributed by atoms with Crippen LogP contribution in [-0.4, -0.2) is 19.7 Å². The van der Waals surface area contributed by atoms with Gasteiger partial charge in [-0.15, -0.1) is 0 Å². The predicted molar refractivity (Wildman–Crippen MR) is 60.9 cm³/mol. The fourth-order valence-electron chi connectivity index (χ4n) is 1.67. The SMILES string of the molecule is Cc1cc(-n2nc(C3CC3)cc2Cl)ncn1. The topological polar surface area (TPSA) is 43.6 Å². The van der Waals surface area contributed by atoms with Gasteiger partial charge in [0.1, 0.15) is 11.5 Å². The Labute approximate surface area is 98.3 Å². The van der Waals surface area contributed by atoms with E-state index in [0.717, 1.165) is 17.2 Å². The number of aryl methyl sites for hydroxylation is 1. The first kappa shape index (κ1) is 9.78. The Morgan fingerprint density at radius 3 is 2.81 bits per heavy atom. The molecule has 16 heavy (non-hydrogen) atoms. The van der Waals surface area contributed by atoms with Crippen LogP contribution < -0.4 is 0 Å². The van der Waals surface area contributed by atoms with E-state index in [1.165, 1.54) is 19.2 Å². The van der Waals surface area contributed by atoms with Crippen LogP contribution >= 0.6 is 11.6 Å². The first-order chi connectivity index (χ1) is 7.74. The van der Waals surface area contributed by atoms with E-state index in [1.54, 1.807) is 4.68 Å². The average molecular weight is 235 g/mol. The molecule has 1 saturated carbocycles. The standard InChI is InChI=1S/C11H11ClN4/c1-7-4-11(14-6-13-7)16-10(12)5-9(15-16)8-2-3-8/h4-6,8H,2-3H2,1H3. The summed E-state index contributed by atoms with van der Waals surface area (Å²) in [5.41, 5.74) is 1.98. The summed E-state index contributed by atoms with van der Waals surface area (Å²) in [6.45, 7) is 1.92. The Balaban J connectivity index is 2.04. The maximum absolute atomic E-state index is 6.14. The summed E-state index contributed by atoms with van der Waals surface area (Å²) >= 11 is 6.14. The van der Waals surface area contributed by atoms with Gasteiger partial charge in [0.15, 0.2) is 5.82 Å². The number of halogens is 1. The molecule has 0 unspecified atom stereocenters. The van der Waals surface area contributed by atoms with Crippen molar-refractivity contribution in [1.29, 1.82) is 0 Å². The normalized spacial score (nSPS) is 15.4. The highest BCUT2D eigenvalue weighted by Crippen LogP contribution is 2.40. The Hall–Kier alpha value is -1.42. The summed E-state index contributed by atoms with van der Waals surface area (Å²) < 4.78 is 1.67. The van der Waals surface area contributed by atoms with Crippen molar-refractivity contribution in [3.05, 3.63) is 35.0 Å². The fraction of sp³-hybridized carbons (Fsp3) is 0.364. The largest absolute Gasteiger partial charge is 0.242 e. The molecule has 0 saturated heterocycles. The number of hydrogen-bond acceptors (Lipinski definition) is 3. The van der Waals surface area contributed by atoms with Gasteiger partial charge in [0.2, 0.25) is 0 Å². The minimum atomic E-state index is 0.599. The molecular weight excluding hydrogens is 224 g/mol. The number of aromatic nitrogens is 4. The lowest BCUT2D eigenvalue weighted by molar-refractivity contribution is 0.805. The Morgan fingerprint density at radius 1 is 1.31 bits per heavy atom. The van der Waals surface area contributed by atoms with Crippen LogP contribution in [0.3, 0.4) is 0 Å². The smallest absolute Gasteiger partial charge is 0.158 e. The van der Waals surface area contributed by atoms with Gasteiger partial charge in [-0.2, -0.15) is 5.10 Å². The van der Waals surface area contributed by atoms with Crippen molar-refractivity contribution in [2.75, 3.05) is 0 Å². The lowest BCUT2D eigenvalue weighted by atomic mass is 10.3. The summed E-state index contributed by atoms with van der Waals surface area (Å²) in [4.78, 5) is 8.22. The molecule has 4 nitrogen and oxygen atoms in total. The van der Waals surface area contributed by atoms with Gasteiger partial charge in [0, 0.05) is 17.7 Å². The molecular formula is C11H11ClN4. The van der Waals surface area contributed by atoms with E-state index in [9.17, 15) is 0 Å². The minimum Gasteiger partial charge on any atom is -0.242 e. The second-order valence-corrected chi connectivity index (χ2v) is 4.48. The molecule has 2 heterocycles. The third-order valence-corrected chi connectivity index (χ3v) is 2.96. The molecule has 3 rings (SSSR count). The van der Waals surface area contributed by atoms with Crippen molar-refractivity contribution in [2.45, 2.75) is 25.7 Å². The lowest BCUT2D eigenvalue weighted by Crippen LogP contribution is -2.01. The zero-order chi connectivity index (χ0) is 11.1. The van der Waals surface area contributed by atoms with Crippen LogP contribution in [0.25, 0.3) is 5.82 Å². The van der Waals surface area contributed by atoms with Gasteiger partial charge in [-0.25, -0.2) is 14.6 Å². The molecule has 5 heteroatoms. The maximum Gasteiger partial charge on any atom is 0.158 e. The van der Waals surface area contributed by atoms with Crippen molar-refractivity contribution in [3.63, 3.8) is 0 Å². The highest BCUT2D eigenvalue weighted by atomic mass is 35.5. The predicted octanol–water partition coefficient (Wildman–Crippen LogP) is 2.50. The van der Waals surface area contributed by atoms with Crippen molar-refractivity contribution in [3.8, 4) is 5.82 Å². The molecule has 0 aliphatic heterocycles. The highest BCUT2D eigenvalue weighted by Gasteiger charge is 2.27. The third-order valence-electron chi connectivity index (χ3n) is 2.69. The maximum atomic E-state index is 6.14. The van der Waals surface area contributed by atoms with Crippen LogP contribution in [-0.2, 0) is 0 Å². The van der Waals surface area contributed by atoms with E-state index in [1.807, 2.05) is 19.1 Å². The molecule has 1 aliphatic rings. The van der Waals surface area contributed by atoms with Gasteiger partial charge in [-0.05, 0) is 25.8 Å².